The molecule has 2 N–H and O–H groups in total. The second kappa shape index (κ2) is 9.66. The van der Waals surface area contributed by atoms with Gasteiger partial charge in [-0.05, 0) is 35.4 Å². The number of aliphatic hydroxyl groups is 1. The van der Waals surface area contributed by atoms with E-state index in [2.05, 4.69) is 4.99 Å². The van der Waals surface area contributed by atoms with Crippen LogP contribution < -0.4 is 4.74 Å². The van der Waals surface area contributed by atoms with E-state index in [0.717, 1.165) is 11.1 Å². The number of carboxylic acid groups (broad SMARTS) is 1. The SMILES string of the molecule is O=C(O)[C@]1(Cc2ccccc2)N=C(c2ccc(OCCCO)cc2)O[C@@H]1c1ccccc1. The smallest absolute Gasteiger partial charge is 0.336 e. The molecule has 0 aromatic heterocycles. The van der Waals surface area contributed by atoms with Crippen LogP contribution in [0.15, 0.2) is 89.9 Å². The lowest BCUT2D eigenvalue weighted by Crippen LogP contribution is -2.43. The van der Waals surface area contributed by atoms with Gasteiger partial charge in [0.25, 0.3) is 0 Å². The Hall–Kier alpha value is -3.64. The normalized spacial score (nSPS) is 19.8. The van der Waals surface area contributed by atoms with Gasteiger partial charge in [0.15, 0.2) is 6.10 Å². The highest BCUT2D eigenvalue weighted by molar-refractivity contribution is 5.99. The first kappa shape index (κ1) is 21.6. The largest absolute Gasteiger partial charge is 0.494 e. The van der Waals surface area contributed by atoms with Crippen molar-refractivity contribution in [2.75, 3.05) is 13.2 Å². The molecule has 0 fully saturated rings. The van der Waals surface area contributed by atoms with Gasteiger partial charge in [0.1, 0.15) is 5.75 Å². The van der Waals surface area contributed by atoms with Gasteiger partial charge in [-0.3, -0.25) is 0 Å². The van der Waals surface area contributed by atoms with Crippen molar-refractivity contribution in [2.24, 2.45) is 4.99 Å². The van der Waals surface area contributed by atoms with Crippen molar-refractivity contribution in [3.8, 4) is 5.75 Å². The van der Waals surface area contributed by atoms with Gasteiger partial charge in [0.05, 0.1) is 6.61 Å². The molecule has 0 radical (unpaired) electrons. The summed E-state index contributed by atoms with van der Waals surface area (Å²) < 4.78 is 11.8. The van der Waals surface area contributed by atoms with Crippen LogP contribution in [-0.2, 0) is 16.0 Å². The van der Waals surface area contributed by atoms with Gasteiger partial charge in [-0.15, -0.1) is 0 Å². The molecule has 1 aliphatic rings. The molecular formula is C26H25NO5. The molecule has 164 valence electrons. The molecule has 3 aromatic carbocycles. The Labute approximate surface area is 186 Å². The number of aliphatic hydroxyl groups excluding tert-OH is 1. The van der Waals surface area contributed by atoms with Gasteiger partial charge in [-0.2, -0.15) is 0 Å². The average molecular weight is 431 g/mol. The summed E-state index contributed by atoms with van der Waals surface area (Å²) in [7, 11) is 0. The molecule has 0 bridgehead atoms. The maximum absolute atomic E-state index is 12.7. The van der Waals surface area contributed by atoms with Crippen LogP contribution in [0, 0.1) is 0 Å². The van der Waals surface area contributed by atoms with Crippen LogP contribution in [-0.4, -0.2) is 40.8 Å². The summed E-state index contributed by atoms with van der Waals surface area (Å²) in [6, 6.07) is 26.0. The van der Waals surface area contributed by atoms with Crippen molar-refractivity contribution >= 4 is 11.9 Å². The monoisotopic (exact) mass is 431 g/mol. The van der Waals surface area contributed by atoms with Crippen molar-refractivity contribution in [3.63, 3.8) is 0 Å². The number of hydrogen-bond acceptors (Lipinski definition) is 5. The summed E-state index contributed by atoms with van der Waals surface area (Å²) in [5, 5.41) is 19.2. The first-order valence-corrected chi connectivity index (χ1v) is 10.6. The van der Waals surface area contributed by atoms with Crippen molar-refractivity contribution in [2.45, 2.75) is 24.5 Å². The summed E-state index contributed by atoms with van der Waals surface area (Å²) in [5.41, 5.74) is 0.816. The molecule has 6 heteroatoms. The molecular weight excluding hydrogens is 406 g/mol. The summed E-state index contributed by atoms with van der Waals surface area (Å²) in [6.07, 6.45) is -0.0113. The van der Waals surface area contributed by atoms with Gasteiger partial charge in [0, 0.05) is 25.0 Å². The zero-order chi connectivity index (χ0) is 22.4. The van der Waals surface area contributed by atoms with Gasteiger partial charge in [0.2, 0.25) is 11.4 Å². The van der Waals surface area contributed by atoms with E-state index in [1.807, 2.05) is 60.7 Å². The predicted molar refractivity (Wildman–Crippen MR) is 121 cm³/mol. The molecule has 0 aliphatic carbocycles. The molecule has 0 unspecified atom stereocenters. The Bertz CT molecular complexity index is 1070. The molecule has 32 heavy (non-hydrogen) atoms. The molecule has 0 saturated carbocycles. The van der Waals surface area contributed by atoms with Crippen molar-refractivity contribution in [1.29, 1.82) is 0 Å². The molecule has 0 amide bonds. The van der Waals surface area contributed by atoms with Crippen LogP contribution in [0.25, 0.3) is 0 Å². The highest BCUT2D eigenvalue weighted by Gasteiger charge is 2.53. The minimum Gasteiger partial charge on any atom is -0.494 e. The second-order valence-electron chi connectivity index (χ2n) is 7.67. The highest BCUT2D eigenvalue weighted by atomic mass is 16.5. The lowest BCUT2D eigenvalue weighted by molar-refractivity contribution is -0.146. The van der Waals surface area contributed by atoms with Crippen molar-refractivity contribution in [3.05, 3.63) is 102 Å². The molecule has 4 rings (SSSR count). The fraction of sp³-hybridized carbons (Fsp3) is 0.231. The van der Waals surface area contributed by atoms with Crippen LogP contribution in [0.5, 0.6) is 5.75 Å². The average Bonchev–Trinajstić information content (AvgIpc) is 3.22. The molecule has 0 saturated heterocycles. The number of benzene rings is 3. The van der Waals surface area contributed by atoms with E-state index in [-0.39, 0.29) is 13.0 Å². The number of ether oxygens (including phenoxy) is 2. The van der Waals surface area contributed by atoms with Crippen molar-refractivity contribution < 1.29 is 24.5 Å². The minimum absolute atomic E-state index is 0.0717. The predicted octanol–water partition coefficient (Wildman–Crippen LogP) is 4.03. The fourth-order valence-electron chi connectivity index (χ4n) is 3.80. The number of carbonyl (C=O) groups is 1. The molecule has 6 nitrogen and oxygen atoms in total. The molecule has 3 aromatic rings. The van der Waals surface area contributed by atoms with Gasteiger partial charge >= 0.3 is 5.97 Å². The lowest BCUT2D eigenvalue weighted by Gasteiger charge is -2.27. The number of aliphatic imine (C=N–C) groups is 1. The Morgan fingerprint density at radius 2 is 1.62 bits per heavy atom. The summed E-state index contributed by atoms with van der Waals surface area (Å²) in [4.78, 5) is 17.3. The minimum atomic E-state index is -1.49. The number of carboxylic acids is 1. The first-order chi connectivity index (χ1) is 15.6. The van der Waals surface area contributed by atoms with E-state index in [9.17, 15) is 9.90 Å². The third kappa shape index (κ3) is 4.50. The van der Waals surface area contributed by atoms with Gasteiger partial charge < -0.3 is 19.7 Å². The third-order valence-corrected chi connectivity index (χ3v) is 5.43. The Morgan fingerprint density at radius 1 is 0.969 bits per heavy atom. The molecule has 1 aliphatic heterocycles. The lowest BCUT2D eigenvalue weighted by atomic mass is 9.83. The second-order valence-corrected chi connectivity index (χ2v) is 7.67. The summed E-state index contributed by atoms with van der Waals surface area (Å²) >= 11 is 0. The molecule has 0 spiro atoms. The Balaban J connectivity index is 1.70. The van der Waals surface area contributed by atoms with E-state index in [1.165, 1.54) is 0 Å². The van der Waals surface area contributed by atoms with Crippen LogP contribution in [0.2, 0.25) is 0 Å². The van der Waals surface area contributed by atoms with E-state index in [1.54, 1.807) is 24.3 Å². The Kier molecular flexibility index (Phi) is 6.52. The number of nitrogens with zero attached hydrogens (tertiary/aromatic N) is 1. The zero-order valence-corrected chi connectivity index (χ0v) is 17.6. The van der Waals surface area contributed by atoms with E-state index < -0.39 is 17.6 Å². The Morgan fingerprint density at radius 3 is 2.25 bits per heavy atom. The van der Waals surface area contributed by atoms with Crippen LogP contribution >= 0.6 is 0 Å². The third-order valence-electron chi connectivity index (χ3n) is 5.43. The molecule has 2 atom stereocenters. The molecule has 1 heterocycles. The quantitative estimate of drug-likeness (QED) is 0.500. The van der Waals surface area contributed by atoms with Crippen LogP contribution in [0.3, 0.4) is 0 Å². The zero-order valence-electron chi connectivity index (χ0n) is 17.6. The highest BCUT2D eigenvalue weighted by Crippen LogP contribution is 2.42. The van der Waals surface area contributed by atoms with Crippen LogP contribution in [0.4, 0.5) is 0 Å². The maximum atomic E-state index is 12.7. The van der Waals surface area contributed by atoms with E-state index in [4.69, 9.17) is 14.6 Å². The van der Waals surface area contributed by atoms with Gasteiger partial charge in [-0.25, -0.2) is 9.79 Å². The van der Waals surface area contributed by atoms with Crippen molar-refractivity contribution in [1.82, 2.24) is 0 Å². The topological polar surface area (TPSA) is 88.4 Å². The standard InChI is InChI=1S/C26H25NO5/c28-16-7-17-31-22-14-12-21(13-15-22)24-27-26(25(29)30,18-19-8-3-1-4-9-19)23(32-24)20-10-5-2-6-11-20/h1-6,8-15,23,28H,7,16-18H2,(H,29,30)/t23-,26-/m1/s1. The summed E-state index contributed by atoms with van der Waals surface area (Å²) in [6.45, 7) is 0.491. The van der Waals surface area contributed by atoms with Gasteiger partial charge in [-0.1, -0.05) is 60.7 Å². The van der Waals surface area contributed by atoms with Crippen LogP contribution in [0.1, 0.15) is 29.2 Å². The summed E-state index contributed by atoms with van der Waals surface area (Å²) in [5.74, 6) is -0.0811. The number of aliphatic carboxylic acids is 1. The maximum Gasteiger partial charge on any atom is 0.336 e. The van der Waals surface area contributed by atoms with E-state index in [0.29, 0.717) is 30.2 Å². The fourth-order valence-corrected chi connectivity index (χ4v) is 3.80. The van der Waals surface area contributed by atoms with E-state index >= 15 is 0 Å². The first-order valence-electron chi connectivity index (χ1n) is 10.6. The number of rotatable bonds is 9. The number of hydrogen-bond donors (Lipinski definition) is 2.